The number of fused-ring (bicyclic) bond motifs is 10. The van der Waals surface area contributed by atoms with Crippen molar-refractivity contribution in [3.8, 4) is 0 Å². The molecule has 0 aromatic rings. The molecule has 0 saturated carbocycles. The van der Waals surface area contributed by atoms with Crippen LogP contribution >= 0.6 is 24.8 Å². The van der Waals surface area contributed by atoms with E-state index in [9.17, 15) is 0 Å². The van der Waals surface area contributed by atoms with Crippen LogP contribution in [0.25, 0.3) is 0 Å². The van der Waals surface area contributed by atoms with Gasteiger partial charge in [0.25, 0.3) is 0 Å². The molecular formula is C12H16Cl2Zr. The van der Waals surface area contributed by atoms with Crippen LogP contribution in [0.4, 0.5) is 0 Å². The summed E-state index contributed by atoms with van der Waals surface area (Å²) in [5.41, 5.74) is 0. The van der Waals surface area contributed by atoms with Gasteiger partial charge in [-0.25, -0.2) is 0 Å². The molecule has 0 N–H and O–H groups in total. The van der Waals surface area contributed by atoms with Crippen molar-refractivity contribution in [2.24, 2.45) is 0 Å². The molecule has 10 fully saturated rings. The molecule has 4 unspecified atom stereocenters. The first-order valence-corrected chi connectivity index (χ1v) is 20.8. The van der Waals surface area contributed by atoms with E-state index >= 15 is 0 Å². The molecule has 0 amide bonds. The van der Waals surface area contributed by atoms with Crippen LogP contribution in [0.3, 0.4) is 0 Å². The van der Waals surface area contributed by atoms with E-state index < -0.39 is 11.4 Å². The van der Waals surface area contributed by atoms with E-state index in [1.807, 2.05) is 0 Å². The fourth-order valence-electron chi connectivity index (χ4n) is 27.1. The monoisotopic (exact) mass is 320 g/mol. The van der Waals surface area contributed by atoms with Crippen LogP contribution < -0.4 is 0 Å². The molecule has 4 atom stereocenters. The summed E-state index contributed by atoms with van der Waals surface area (Å²) >= 11 is -3.13. The molecule has 10 rings (SSSR count). The number of hydrogen-bond donors (Lipinski definition) is 0. The van der Waals surface area contributed by atoms with Gasteiger partial charge in [0.1, 0.15) is 0 Å². The molecule has 82 valence electrons. The van der Waals surface area contributed by atoms with E-state index in [-0.39, 0.29) is 24.8 Å². The van der Waals surface area contributed by atoms with Crippen molar-refractivity contribution in [2.45, 2.75) is 49.1 Å². The maximum atomic E-state index is 2.84. The summed E-state index contributed by atoms with van der Waals surface area (Å²) in [5, 5.41) is 0. The summed E-state index contributed by atoms with van der Waals surface area (Å²) < 4.78 is 14.8. The zero-order valence-electron chi connectivity index (χ0n) is 8.94. The topological polar surface area (TPSA) is 0 Å². The predicted molar refractivity (Wildman–Crippen MR) is 61.2 cm³/mol. The van der Waals surface area contributed by atoms with Gasteiger partial charge in [0.2, 0.25) is 0 Å². The zero-order chi connectivity index (χ0) is 7.94. The van der Waals surface area contributed by atoms with E-state index in [1.165, 1.54) is 6.25 Å². The van der Waals surface area contributed by atoms with Gasteiger partial charge in [-0.05, 0) is 0 Å². The fraction of sp³-hybridized carbons (Fsp3) is 1.00. The molecule has 0 radical (unpaired) electrons. The van der Waals surface area contributed by atoms with Gasteiger partial charge >= 0.3 is 60.5 Å². The Bertz CT molecular complexity index is 823. The minimum Gasteiger partial charge on any atom is -0.147 e. The molecule has 0 aromatic carbocycles. The van der Waals surface area contributed by atoms with Crippen molar-refractivity contribution in [3.63, 3.8) is 0 Å². The predicted octanol–water partition coefficient (Wildman–Crippen LogP) is 5.00. The third kappa shape index (κ3) is 0.0537. The van der Waals surface area contributed by atoms with E-state index in [2.05, 4.69) is 13.8 Å². The third-order valence-corrected chi connectivity index (χ3v) is 124. The van der Waals surface area contributed by atoms with Gasteiger partial charge in [-0.15, -0.1) is 24.8 Å². The molecule has 10 heterocycles. The molecule has 10 aliphatic heterocycles. The van der Waals surface area contributed by atoms with Gasteiger partial charge < -0.3 is 0 Å². The van der Waals surface area contributed by atoms with Crippen molar-refractivity contribution in [1.82, 2.24) is 0 Å². The van der Waals surface area contributed by atoms with E-state index in [0.717, 1.165) is 0 Å². The van der Waals surface area contributed by atoms with Crippen LogP contribution in [0.15, 0.2) is 0 Å². The smallest absolute Gasteiger partial charge is 0.147 e. The van der Waals surface area contributed by atoms with Crippen molar-refractivity contribution in [3.05, 3.63) is 0 Å². The first-order chi connectivity index (χ1) is 5.94. The molecular weight excluding hydrogens is 306 g/mol. The third-order valence-electron chi connectivity index (χ3n) is 22.5. The van der Waals surface area contributed by atoms with Crippen LogP contribution in [-0.4, -0.2) is 0 Å². The zero-order valence-corrected chi connectivity index (χ0v) is 13.0. The molecule has 0 aromatic heterocycles. The quantitative estimate of drug-likeness (QED) is 0.589. The summed E-state index contributed by atoms with van der Waals surface area (Å²) in [5.74, 6) is 0. The Morgan fingerprint density at radius 1 is 0.667 bits per heavy atom. The van der Waals surface area contributed by atoms with E-state index in [1.54, 1.807) is 29.0 Å². The fourth-order valence-corrected chi connectivity index (χ4v) is 259. The van der Waals surface area contributed by atoms with Crippen LogP contribution in [0.2, 0.25) is 35.3 Å². The summed E-state index contributed by atoms with van der Waals surface area (Å²) in [6.45, 7) is 5.68. The van der Waals surface area contributed by atoms with Gasteiger partial charge in [-0.2, -0.15) is 0 Å². The Kier molecular flexibility index (Phi) is 0.227. The first-order valence-electron chi connectivity index (χ1n) is 6.97. The second-order valence-corrected chi connectivity index (χ2v) is 66.5. The Labute approximate surface area is 84.5 Å². The van der Waals surface area contributed by atoms with Crippen LogP contribution in [-0.2, 0) is 11.4 Å². The van der Waals surface area contributed by atoms with E-state index in [4.69, 9.17) is 0 Å². The average molecular weight is 322 g/mol. The second kappa shape index (κ2) is 0.476. The maximum Gasteiger partial charge on any atom is -0.147 e. The minimum absolute atomic E-state index is 0. The van der Waals surface area contributed by atoms with Gasteiger partial charge in [-0.3, -0.25) is 0 Å². The Hall–Kier alpha value is 1.46. The standard InChI is InChI=1S/C7H9.C5H5.2ClH.Zr/c1-6-4-3-5-7(6)2;1-2-4-5-3-1;;;/h3-5H,1-2H3;1-5H;2*1H;. The molecule has 3 heteroatoms. The van der Waals surface area contributed by atoms with Gasteiger partial charge in [0.15, 0.2) is 0 Å². The van der Waals surface area contributed by atoms with Crippen LogP contribution in [0, 0.1) is 0 Å². The number of halogens is 2. The Morgan fingerprint density at radius 2 is 1.00 bits per heavy atom. The van der Waals surface area contributed by atoms with Gasteiger partial charge in [0, 0.05) is 0 Å². The normalized spacial score (nSPS) is 137. The first kappa shape index (κ1) is 7.15. The summed E-state index contributed by atoms with van der Waals surface area (Å²) in [7, 11) is 0. The summed E-state index contributed by atoms with van der Waals surface area (Å²) in [4.78, 5) is 0. The molecule has 0 bridgehead atoms. The summed E-state index contributed by atoms with van der Waals surface area (Å²) in [6, 6.07) is 0. The summed E-state index contributed by atoms with van der Waals surface area (Å²) in [6.07, 6.45) is 0. The van der Waals surface area contributed by atoms with Gasteiger partial charge in [-0.1, -0.05) is 0 Å². The average Bonchev–Trinajstić information content (AvgIpc) is 3.02. The molecule has 10 saturated heterocycles. The minimum atomic E-state index is -3.13. The van der Waals surface area contributed by atoms with Crippen LogP contribution in [0.1, 0.15) is 13.8 Å². The number of hydrogen-bond acceptors (Lipinski definition) is 0. The van der Waals surface area contributed by atoms with Crippen molar-refractivity contribution in [1.29, 1.82) is 0 Å². The largest absolute Gasteiger partial charge is 0.147 e. The van der Waals surface area contributed by atoms with Crippen LogP contribution in [0.5, 0.6) is 0 Å². The Morgan fingerprint density at radius 3 is 1.00 bits per heavy atom. The number of rotatable bonds is 0. The molecule has 15 heavy (non-hydrogen) atoms. The maximum absolute atomic E-state index is 3.13. The van der Waals surface area contributed by atoms with Gasteiger partial charge in [0.05, 0.1) is 0 Å². The second-order valence-electron chi connectivity index (χ2n) is 13.6. The van der Waals surface area contributed by atoms with Crippen molar-refractivity contribution >= 4 is 24.8 Å². The molecule has 10 aliphatic rings. The van der Waals surface area contributed by atoms with Crippen molar-refractivity contribution in [2.75, 3.05) is 0 Å². The SMILES string of the molecule is C[C]12[CH]3[CH]4[CH]5[C]1(C)[Zr]43521678[CH]2[CH]1[CH]6[CH]7[CH]28.Cl.Cl. The van der Waals surface area contributed by atoms with Crippen molar-refractivity contribution < 1.29 is 11.4 Å². The molecule has 0 aliphatic carbocycles. The molecule has 1 spiro atoms. The van der Waals surface area contributed by atoms with E-state index in [0.29, 0.717) is 0 Å². The molecule has 0 nitrogen and oxygen atoms in total. The Balaban J connectivity index is 0.000000269.